The van der Waals surface area contributed by atoms with Crippen LogP contribution in [-0.2, 0) is 4.79 Å². The number of carbonyl (C=O) groups excluding carboxylic acids is 4. The molecule has 0 saturated carbocycles. The number of allylic oxidation sites excluding steroid dienone is 4. The number of halogens is 4. The second kappa shape index (κ2) is 13.3. The first-order chi connectivity index (χ1) is 18.2. The minimum Gasteiger partial charge on any atom is -0.298 e. The van der Waals surface area contributed by atoms with Crippen LogP contribution in [0.3, 0.4) is 0 Å². The zero-order valence-corrected chi connectivity index (χ0v) is 27.8. The van der Waals surface area contributed by atoms with Crippen molar-refractivity contribution >= 4 is 112 Å². The highest BCUT2D eigenvalue weighted by Crippen LogP contribution is 2.26. The van der Waals surface area contributed by atoms with Gasteiger partial charge in [0.1, 0.15) is 0 Å². The summed E-state index contributed by atoms with van der Waals surface area (Å²) < 4.78 is 2.71. The van der Waals surface area contributed by atoms with E-state index in [1.807, 2.05) is 74.5 Å². The molecule has 4 nitrogen and oxygen atoms in total. The van der Waals surface area contributed by atoms with Crippen molar-refractivity contribution in [3.05, 3.63) is 106 Å². The van der Waals surface area contributed by atoms with Crippen molar-refractivity contribution in [1.29, 1.82) is 0 Å². The summed E-state index contributed by atoms with van der Waals surface area (Å²) in [7, 11) is -3.27. The van der Waals surface area contributed by atoms with Gasteiger partial charge in [-0.15, -0.1) is 0 Å². The van der Waals surface area contributed by atoms with E-state index in [9.17, 15) is 19.2 Å². The molecular formula is C29H22Br4O4Si. The Balaban J connectivity index is 2.64. The molecule has 0 saturated heterocycles. The van der Waals surface area contributed by atoms with Gasteiger partial charge in [-0.2, -0.15) is 0 Å². The molecule has 3 aromatic rings. The Hall–Kier alpha value is -2.04. The van der Waals surface area contributed by atoms with Gasteiger partial charge in [0.2, 0.25) is 0 Å². The lowest BCUT2D eigenvalue weighted by Gasteiger charge is -2.36. The largest absolute Gasteiger partial charge is 0.298 e. The van der Waals surface area contributed by atoms with E-state index in [1.54, 1.807) is 0 Å². The van der Waals surface area contributed by atoms with Crippen LogP contribution in [0.4, 0.5) is 0 Å². The third-order valence-corrected chi connectivity index (χ3v) is 14.4. The number of aldehydes is 4. The first-order valence-electron chi connectivity index (χ1n) is 11.5. The topological polar surface area (TPSA) is 68.3 Å². The van der Waals surface area contributed by atoms with E-state index in [4.69, 9.17) is 0 Å². The fraction of sp³-hybridized carbons (Fsp3) is 0.103. The quantitative estimate of drug-likeness (QED) is 0.0763. The molecule has 3 rings (SSSR count). The van der Waals surface area contributed by atoms with Gasteiger partial charge < -0.3 is 0 Å². The smallest absolute Gasteiger partial charge is 0.175 e. The van der Waals surface area contributed by atoms with Crippen LogP contribution in [-0.4, -0.2) is 33.2 Å². The predicted molar refractivity (Wildman–Crippen MR) is 169 cm³/mol. The van der Waals surface area contributed by atoms with E-state index in [2.05, 4.69) is 63.7 Å². The molecule has 38 heavy (non-hydrogen) atoms. The maximum atomic E-state index is 12.1. The zero-order chi connectivity index (χ0) is 28.0. The summed E-state index contributed by atoms with van der Waals surface area (Å²) in [6.07, 6.45) is 5.65. The summed E-state index contributed by atoms with van der Waals surface area (Å²) in [5, 5.41) is 3.44. The van der Waals surface area contributed by atoms with Crippen molar-refractivity contribution in [1.82, 2.24) is 0 Å². The van der Waals surface area contributed by atoms with E-state index >= 15 is 0 Å². The molecule has 0 fully saturated rings. The van der Waals surface area contributed by atoms with Gasteiger partial charge in [-0.25, -0.2) is 0 Å². The van der Waals surface area contributed by atoms with Crippen LogP contribution in [0.1, 0.15) is 51.3 Å². The first-order valence-corrected chi connectivity index (χ1v) is 16.6. The summed E-state index contributed by atoms with van der Waals surface area (Å²) in [4.78, 5) is 48.1. The van der Waals surface area contributed by atoms with E-state index in [-0.39, 0.29) is 0 Å². The zero-order valence-electron chi connectivity index (χ0n) is 20.4. The van der Waals surface area contributed by atoms with E-state index in [1.165, 1.54) is 0 Å². The van der Waals surface area contributed by atoms with Crippen LogP contribution < -0.4 is 15.6 Å². The summed E-state index contributed by atoms with van der Waals surface area (Å²) in [5.41, 5.74) is 1.89. The lowest BCUT2D eigenvalue weighted by Crippen LogP contribution is -2.68. The molecule has 9 heteroatoms. The maximum Gasteiger partial charge on any atom is 0.175 e. The lowest BCUT2D eigenvalue weighted by molar-refractivity contribution is -0.104. The van der Waals surface area contributed by atoms with Crippen molar-refractivity contribution in [2.45, 2.75) is 20.3 Å². The predicted octanol–water partition coefficient (Wildman–Crippen LogP) is 6.63. The highest BCUT2D eigenvalue weighted by Gasteiger charge is 2.42. The molecule has 3 aromatic carbocycles. The van der Waals surface area contributed by atoms with Crippen molar-refractivity contribution in [3.63, 3.8) is 0 Å². The second-order valence-electron chi connectivity index (χ2n) is 8.47. The van der Waals surface area contributed by atoms with E-state index in [0.717, 1.165) is 50.4 Å². The van der Waals surface area contributed by atoms with Crippen molar-refractivity contribution in [2.24, 2.45) is 0 Å². The number of hydrogen-bond acceptors (Lipinski definition) is 4. The van der Waals surface area contributed by atoms with Gasteiger partial charge in [-0.3, -0.25) is 19.2 Å². The molecule has 0 N–H and O–H groups in total. The van der Waals surface area contributed by atoms with Crippen LogP contribution in [0.25, 0.3) is 0 Å². The normalized spacial score (nSPS) is 12.5. The average Bonchev–Trinajstić information content (AvgIpc) is 2.93. The van der Waals surface area contributed by atoms with Crippen LogP contribution in [0.2, 0.25) is 0 Å². The van der Waals surface area contributed by atoms with Crippen molar-refractivity contribution in [3.8, 4) is 0 Å². The molecule has 0 atom stereocenters. The van der Waals surface area contributed by atoms with E-state index in [0.29, 0.717) is 42.1 Å². The van der Waals surface area contributed by atoms with Crippen molar-refractivity contribution < 1.29 is 19.2 Å². The summed E-state index contributed by atoms with van der Waals surface area (Å²) in [6, 6.07) is 16.8. The number of rotatable bonds is 10. The first kappa shape index (κ1) is 30.5. The van der Waals surface area contributed by atoms with Crippen LogP contribution in [0.15, 0.2) is 89.3 Å². The Kier molecular flexibility index (Phi) is 10.7. The lowest BCUT2D eigenvalue weighted by atomic mass is 10.2. The van der Waals surface area contributed by atoms with Gasteiger partial charge >= 0.3 is 0 Å². The van der Waals surface area contributed by atoms with E-state index < -0.39 is 8.07 Å². The minimum atomic E-state index is -3.27. The third-order valence-electron chi connectivity index (χ3n) is 6.38. The van der Waals surface area contributed by atoms with Gasteiger partial charge in [0.05, 0.1) is 0 Å². The Morgan fingerprint density at radius 1 is 0.711 bits per heavy atom. The molecule has 0 unspecified atom stereocenters. The Labute approximate surface area is 256 Å². The molecule has 0 aliphatic rings. The summed E-state index contributed by atoms with van der Waals surface area (Å²) >= 11 is 13.9. The van der Waals surface area contributed by atoms with Crippen LogP contribution in [0.5, 0.6) is 0 Å². The molecule has 0 aliphatic heterocycles. The number of carbonyl (C=O) groups is 4. The molecule has 0 aromatic heterocycles. The number of hydrogen-bond donors (Lipinski definition) is 0. The highest BCUT2D eigenvalue weighted by atomic mass is 79.9. The number of benzene rings is 3. The van der Waals surface area contributed by atoms with Crippen LogP contribution in [0, 0.1) is 0 Å². The fourth-order valence-electron chi connectivity index (χ4n) is 4.51. The van der Waals surface area contributed by atoms with Gasteiger partial charge in [0.15, 0.2) is 33.2 Å². The maximum absolute atomic E-state index is 12.1. The SMILES string of the molecule is CCC(Br)=C(C=O)C=C(C)[Si](c1ccc(Br)c(C=O)c1)(c1ccc(Br)c(C=O)c1)c1ccc(Br)c(C=O)c1. The molecule has 0 amide bonds. The molecule has 0 spiro atoms. The fourth-order valence-corrected chi connectivity index (χ4v) is 10.6. The third kappa shape index (κ3) is 5.92. The highest BCUT2D eigenvalue weighted by molar-refractivity contribution is 9.11. The Bertz CT molecular complexity index is 1350. The average molecular weight is 782 g/mol. The monoisotopic (exact) mass is 778 g/mol. The standard InChI is InChI=1S/C29H22Br4O4Si/c1-3-26(30)19(14-34)10-18(2)38(23-4-7-27(31)20(11-23)15-35,24-5-8-28(32)21(12-24)16-36)25-6-9-29(33)22(13-25)17-37/h4-17H,3H2,1-2H3. The van der Waals surface area contributed by atoms with Gasteiger partial charge in [-0.05, 0) is 47.1 Å². The summed E-state index contributed by atoms with van der Waals surface area (Å²) in [5.74, 6) is 0. The molecule has 0 aliphatic carbocycles. The Morgan fingerprint density at radius 2 is 1.08 bits per heavy atom. The molecule has 194 valence electrons. The van der Waals surface area contributed by atoms with Gasteiger partial charge in [-0.1, -0.05) is 118 Å². The molecular weight excluding hydrogens is 760 g/mol. The molecule has 0 heterocycles. The summed E-state index contributed by atoms with van der Waals surface area (Å²) in [6.45, 7) is 3.90. The Morgan fingerprint density at radius 3 is 1.37 bits per heavy atom. The molecule has 0 radical (unpaired) electrons. The minimum absolute atomic E-state index is 0.466. The van der Waals surface area contributed by atoms with Gasteiger partial charge in [0, 0.05) is 40.2 Å². The van der Waals surface area contributed by atoms with Gasteiger partial charge in [0.25, 0.3) is 0 Å². The molecule has 0 bridgehead atoms. The van der Waals surface area contributed by atoms with Crippen LogP contribution >= 0.6 is 63.7 Å². The second-order valence-corrected chi connectivity index (χ2v) is 16.0. The van der Waals surface area contributed by atoms with Crippen molar-refractivity contribution in [2.75, 3.05) is 0 Å².